The molecule has 6 aromatic rings. The fourth-order valence-electron chi connectivity index (χ4n) is 6.45. The van der Waals surface area contributed by atoms with Crippen molar-refractivity contribution in [2.24, 2.45) is 0 Å². The molecule has 2 N–H and O–H groups in total. The molecule has 0 aliphatic carbocycles. The first-order chi connectivity index (χ1) is 20.9. The fourth-order valence-corrected chi connectivity index (χ4v) is 6.45. The smallest absolute Gasteiger partial charge is 0.0587 e. The Morgan fingerprint density at radius 3 is 0.643 bits per heavy atom. The monoisotopic (exact) mass is 542 g/mol. The maximum atomic E-state index is 3.79. The summed E-state index contributed by atoms with van der Waals surface area (Å²) in [6.07, 6.45) is 0. The van der Waals surface area contributed by atoms with Crippen LogP contribution in [0.15, 0.2) is 170 Å². The molecular weight excluding hydrogens is 508 g/mol. The highest BCUT2D eigenvalue weighted by Gasteiger charge is 2.32. The summed E-state index contributed by atoms with van der Waals surface area (Å²) < 4.78 is 0. The standard InChI is InChI=1S/2C20H17N/c2*1-3-9-15(10-4-1)19-17-13-7-8-14-18(17)20(21-19)16-11-5-2-6-12-16/h2*1-14,19-21H/t19-,20?;/m1./s1. The zero-order valence-electron chi connectivity index (χ0n) is 23.5. The Labute approximate surface area is 248 Å². The van der Waals surface area contributed by atoms with Crippen molar-refractivity contribution in [3.63, 3.8) is 0 Å². The first kappa shape index (κ1) is 26.2. The third-order valence-corrected chi connectivity index (χ3v) is 8.43. The molecule has 204 valence electrons. The number of hydrogen-bond donors (Lipinski definition) is 2. The summed E-state index contributed by atoms with van der Waals surface area (Å²) >= 11 is 0. The lowest BCUT2D eigenvalue weighted by molar-refractivity contribution is 0.601. The van der Waals surface area contributed by atoms with Gasteiger partial charge in [0, 0.05) is 0 Å². The molecule has 0 amide bonds. The van der Waals surface area contributed by atoms with E-state index in [4.69, 9.17) is 0 Å². The summed E-state index contributed by atoms with van der Waals surface area (Å²) in [5, 5.41) is 7.58. The van der Waals surface area contributed by atoms with Crippen LogP contribution in [0, 0.1) is 0 Å². The van der Waals surface area contributed by atoms with Gasteiger partial charge in [0.25, 0.3) is 0 Å². The van der Waals surface area contributed by atoms with Gasteiger partial charge in [-0.2, -0.15) is 0 Å². The fraction of sp³-hybridized carbons (Fsp3) is 0.100. The normalized spacial score (nSPS) is 20.2. The average molecular weight is 543 g/mol. The molecule has 2 heteroatoms. The SMILES string of the molecule is c1ccc(C2NC(c3ccccc3)c3ccccc32)cc1.c1ccc(C2N[C@H](c3ccccc3)c3ccccc32)cc1. The van der Waals surface area contributed by atoms with Crippen molar-refractivity contribution in [2.75, 3.05) is 0 Å². The largest absolute Gasteiger partial charge is 0.295 e. The van der Waals surface area contributed by atoms with Crippen molar-refractivity contribution in [1.82, 2.24) is 10.6 Å². The highest BCUT2D eigenvalue weighted by Crippen LogP contribution is 2.41. The third kappa shape index (κ3) is 5.19. The lowest BCUT2D eigenvalue weighted by Gasteiger charge is -2.16. The molecule has 4 atom stereocenters. The molecular formula is C40H34N2. The molecule has 2 aliphatic heterocycles. The molecule has 0 saturated carbocycles. The van der Waals surface area contributed by atoms with Gasteiger partial charge >= 0.3 is 0 Å². The summed E-state index contributed by atoms with van der Waals surface area (Å²) in [5.41, 5.74) is 10.8. The zero-order chi connectivity index (χ0) is 28.1. The molecule has 2 nitrogen and oxygen atoms in total. The first-order valence-electron chi connectivity index (χ1n) is 14.8. The molecule has 2 aliphatic rings. The zero-order valence-corrected chi connectivity index (χ0v) is 23.5. The number of benzene rings is 6. The van der Waals surface area contributed by atoms with Crippen molar-refractivity contribution in [3.8, 4) is 0 Å². The van der Waals surface area contributed by atoms with Crippen molar-refractivity contribution in [1.29, 1.82) is 0 Å². The molecule has 0 radical (unpaired) electrons. The Morgan fingerprint density at radius 1 is 0.238 bits per heavy atom. The van der Waals surface area contributed by atoms with Crippen molar-refractivity contribution < 1.29 is 0 Å². The van der Waals surface area contributed by atoms with E-state index >= 15 is 0 Å². The van der Waals surface area contributed by atoms with Crippen molar-refractivity contribution in [2.45, 2.75) is 24.2 Å². The van der Waals surface area contributed by atoms with E-state index in [2.05, 4.69) is 180 Å². The maximum Gasteiger partial charge on any atom is 0.0587 e. The molecule has 3 unspecified atom stereocenters. The van der Waals surface area contributed by atoms with Crippen molar-refractivity contribution in [3.05, 3.63) is 214 Å². The van der Waals surface area contributed by atoms with E-state index in [1.807, 2.05) is 0 Å². The molecule has 0 saturated heterocycles. The Bertz CT molecular complexity index is 1470. The highest BCUT2D eigenvalue weighted by atomic mass is 15.0. The second-order valence-corrected chi connectivity index (χ2v) is 11.0. The van der Waals surface area contributed by atoms with Gasteiger partial charge in [-0.25, -0.2) is 0 Å². The van der Waals surface area contributed by atoms with Crippen LogP contribution in [0.25, 0.3) is 0 Å². The minimum absolute atomic E-state index is 0.271. The van der Waals surface area contributed by atoms with Crippen LogP contribution in [0.1, 0.15) is 68.7 Å². The van der Waals surface area contributed by atoms with E-state index in [1.165, 1.54) is 44.5 Å². The molecule has 0 spiro atoms. The van der Waals surface area contributed by atoms with Gasteiger partial charge in [0.2, 0.25) is 0 Å². The van der Waals surface area contributed by atoms with E-state index < -0.39 is 0 Å². The lowest BCUT2D eigenvalue weighted by atomic mass is 9.95. The Balaban J connectivity index is 0.000000137. The average Bonchev–Trinajstić information content (AvgIpc) is 3.67. The third-order valence-electron chi connectivity index (χ3n) is 8.43. The number of hydrogen-bond acceptors (Lipinski definition) is 2. The Hall–Kier alpha value is -4.76. The van der Waals surface area contributed by atoms with Gasteiger partial charge in [0.15, 0.2) is 0 Å². The second kappa shape index (κ2) is 12.0. The van der Waals surface area contributed by atoms with E-state index in [0.717, 1.165) is 0 Å². The Morgan fingerprint density at radius 2 is 0.429 bits per heavy atom. The van der Waals surface area contributed by atoms with Crippen molar-refractivity contribution >= 4 is 0 Å². The minimum atomic E-state index is 0.271. The predicted octanol–water partition coefficient (Wildman–Crippen LogP) is 8.94. The van der Waals surface area contributed by atoms with Crippen LogP contribution in [0.4, 0.5) is 0 Å². The van der Waals surface area contributed by atoms with Gasteiger partial charge in [0.05, 0.1) is 24.2 Å². The lowest BCUT2D eigenvalue weighted by Crippen LogP contribution is -2.19. The van der Waals surface area contributed by atoms with Gasteiger partial charge in [-0.1, -0.05) is 170 Å². The van der Waals surface area contributed by atoms with Gasteiger partial charge < -0.3 is 0 Å². The van der Waals surface area contributed by atoms with E-state index in [-0.39, 0.29) is 24.2 Å². The topological polar surface area (TPSA) is 24.1 Å². The molecule has 0 aromatic heterocycles. The minimum Gasteiger partial charge on any atom is -0.295 e. The van der Waals surface area contributed by atoms with Gasteiger partial charge in [0.1, 0.15) is 0 Å². The van der Waals surface area contributed by atoms with Crippen LogP contribution in [0.2, 0.25) is 0 Å². The second-order valence-electron chi connectivity index (χ2n) is 11.0. The van der Waals surface area contributed by atoms with Gasteiger partial charge in [-0.15, -0.1) is 0 Å². The summed E-state index contributed by atoms with van der Waals surface area (Å²) in [6.45, 7) is 0. The van der Waals surface area contributed by atoms with Gasteiger partial charge in [-0.3, -0.25) is 10.6 Å². The maximum absolute atomic E-state index is 3.79. The molecule has 8 rings (SSSR count). The molecule has 0 bridgehead atoms. The summed E-state index contributed by atoms with van der Waals surface area (Å²) in [5.74, 6) is 0. The molecule has 0 fully saturated rings. The van der Waals surface area contributed by atoms with Crippen LogP contribution >= 0.6 is 0 Å². The van der Waals surface area contributed by atoms with Crippen LogP contribution in [-0.4, -0.2) is 0 Å². The number of rotatable bonds is 4. The van der Waals surface area contributed by atoms with E-state index in [0.29, 0.717) is 0 Å². The summed E-state index contributed by atoms with van der Waals surface area (Å²) in [4.78, 5) is 0. The van der Waals surface area contributed by atoms with E-state index in [1.54, 1.807) is 0 Å². The van der Waals surface area contributed by atoms with Crippen LogP contribution in [0.5, 0.6) is 0 Å². The molecule has 2 heterocycles. The number of nitrogens with one attached hydrogen (secondary N) is 2. The predicted molar refractivity (Wildman–Crippen MR) is 172 cm³/mol. The van der Waals surface area contributed by atoms with Crippen LogP contribution in [-0.2, 0) is 0 Å². The summed E-state index contributed by atoms with van der Waals surface area (Å²) in [7, 11) is 0. The van der Waals surface area contributed by atoms with E-state index in [9.17, 15) is 0 Å². The number of fused-ring (bicyclic) bond motifs is 2. The summed E-state index contributed by atoms with van der Waals surface area (Å²) in [6, 6.07) is 61.3. The Kier molecular flexibility index (Phi) is 7.47. The van der Waals surface area contributed by atoms with Crippen LogP contribution < -0.4 is 10.6 Å². The van der Waals surface area contributed by atoms with Gasteiger partial charge in [-0.05, 0) is 44.5 Å². The quantitative estimate of drug-likeness (QED) is 0.232. The molecule has 42 heavy (non-hydrogen) atoms. The highest BCUT2D eigenvalue weighted by molar-refractivity contribution is 5.49. The molecule has 6 aromatic carbocycles. The first-order valence-corrected chi connectivity index (χ1v) is 14.8. The van der Waals surface area contributed by atoms with Crippen LogP contribution in [0.3, 0.4) is 0 Å².